The van der Waals surface area contributed by atoms with Crippen LogP contribution in [-0.4, -0.2) is 32.8 Å². The average molecular weight is 319 g/mol. The number of nitrogen functional groups attached to an aromatic ring is 1. The van der Waals surface area contributed by atoms with Gasteiger partial charge in [-0.3, -0.25) is 0 Å². The summed E-state index contributed by atoms with van der Waals surface area (Å²) in [6.07, 6.45) is 0. The molecule has 0 spiro atoms. The number of aromatic nitrogens is 3. The first-order chi connectivity index (χ1) is 10.5. The molecule has 0 atom stereocenters. The fourth-order valence-electron chi connectivity index (χ4n) is 2.20. The van der Waals surface area contributed by atoms with E-state index in [4.69, 9.17) is 22.1 Å². The number of benzene rings is 1. The van der Waals surface area contributed by atoms with Crippen molar-refractivity contribution < 1.29 is 14.6 Å². The van der Waals surface area contributed by atoms with Gasteiger partial charge >= 0.3 is 5.97 Å². The number of ether oxygens (including phenoxy) is 1. The van der Waals surface area contributed by atoms with Gasteiger partial charge in [-0.1, -0.05) is 17.7 Å². The number of pyridine rings is 1. The second-order valence-corrected chi connectivity index (χ2v) is 4.90. The lowest BCUT2D eigenvalue weighted by Gasteiger charge is -2.08. The first-order valence-electron chi connectivity index (χ1n) is 6.23. The van der Waals surface area contributed by atoms with Crippen LogP contribution >= 0.6 is 11.6 Å². The molecular formula is C14H11ClN4O3. The predicted molar refractivity (Wildman–Crippen MR) is 81.4 cm³/mol. The number of aromatic carboxylic acids is 1. The summed E-state index contributed by atoms with van der Waals surface area (Å²) in [6, 6.07) is 8.31. The molecule has 0 amide bonds. The molecule has 0 unspecified atom stereocenters. The van der Waals surface area contributed by atoms with Crippen LogP contribution in [0, 0.1) is 0 Å². The topological polar surface area (TPSA) is 103 Å². The normalized spacial score (nSPS) is 10.8. The van der Waals surface area contributed by atoms with Crippen molar-refractivity contribution in [3.05, 3.63) is 41.0 Å². The van der Waals surface area contributed by atoms with E-state index in [9.17, 15) is 9.90 Å². The zero-order chi connectivity index (χ0) is 15.9. The number of rotatable bonds is 3. The minimum atomic E-state index is -1.12. The van der Waals surface area contributed by atoms with Gasteiger partial charge in [0.05, 0.1) is 12.1 Å². The first kappa shape index (κ1) is 14.2. The number of nitrogens with two attached hydrogens (primary N) is 1. The van der Waals surface area contributed by atoms with Crippen LogP contribution in [0.15, 0.2) is 30.3 Å². The Morgan fingerprint density at radius 1 is 1.36 bits per heavy atom. The van der Waals surface area contributed by atoms with Crippen molar-refractivity contribution in [3.63, 3.8) is 0 Å². The lowest BCUT2D eigenvalue weighted by Crippen LogP contribution is -2.07. The summed E-state index contributed by atoms with van der Waals surface area (Å²) < 4.78 is 6.31. The van der Waals surface area contributed by atoms with E-state index in [1.54, 1.807) is 24.3 Å². The molecule has 3 N–H and O–H groups in total. The summed E-state index contributed by atoms with van der Waals surface area (Å²) in [6.45, 7) is 0. The summed E-state index contributed by atoms with van der Waals surface area (Å²) in [5.74, 6) is -0.576. The number of methoxy groups -OCH3 is 1. The highest BCUT2D eigenvalue weighted by Crippen LogP contribution is 2.32. The van der Waals surface area contributed by atoms with E-state index >= 15 is 0 Å². The molecule has 3 rings (SSSR count). The second-order valence-electron chi connectivity index (χ2n) is 4.49. The number of hydrogen-bond acceptors (Lipinski definition) is 5. The van der Waals surface area contributed by atoms with Crippen LogP contribution in [0.2, 0.25) is 5.02 Å². The Bertz CT molecular complexity index is 891. The fourth-order valence-corrected chi connectivity index (χ4v) is 2.46. The zero-order valence-electron chi connectivity index (χ0n) is 11.4. The third-order valence-electron chi connectivity index (χ3n) is 3.18. The van der Waals surface area contributed by atoms with Crippen molar-refractivity contribution in [1.82, 2.24) is 14.6 Å². The third kappa shape index (κ3) is 2.21. The van der Waals surface area contributed by atoms with Crippen LogP contribution in [0.25, 0.3) is 16.8 Å². The lowest BCUT2D eigenvalue weighted by atomic mass is 10.1. The van der Waals surface area contributed by atoms with Crippen LogP contribution in [0.3, 0.4) is 0 Å². The predicted octanol–water partition coefficient (Wildman–Crippen LogP) is 2.34. The van der Waals surface area contributed by atoms with Crippen LogP contribution in [0.4, 0.5) is 5.95 Å². The van der Waals surface area contributed by atoms with Crippen LogP contribution in [0.1, 0.15) is 10.5 Å². The quantitative estimate of drug-likeness (QED) is 0.768. The average Bonchev–Trinajstić information content (AvgIpc) is 2.86. The minimum Gasteiger partial charge on any atom is -0.495 e. The number of halogens is 1. The minimum absolute atomic E-state index is 0.00504. The number of carboxylic acid groups (broad SMARTS) is 1. The van der Waals surface area contributed by atoms with Crippen molar-refractivity contribution in [1.29, 1.82) is 0 Å². The molecule has 0 saturated carbocycles. The molecule has 3 aromatic rings. The highest BCUT2D eigenvalue weighted by Gasteiger charge is 2.16. The molecule has 7 nitrogen and oxygen atoms in total. The van der Waals surface area contributed by atoms with E-state index in [-0.39, 0.29) is 11.6 Å². The van der Waals surface area contributed by atoms with Gasteiger partial charge in [0.15, 0.2) is 11.3 Å². The van der Waals surface area contributed by atoms with Gasteiger partial charge in [0.1, 0.15) is 5.75 Å². The SMILES string of the molecule is COc1ccc(-c2ccc(C(=O)O)n3nc(N)nc23)cc1Cl. The standard InChI is InChI=1S/C14H11ClN4O3/c1-22-11-5-2-7(6-9(11)15)8-3-4-10(13(20)21)19-12(8)17-14(16)18-19/h2-6H,1H3,(H2,16,18)(H,20,21). The van der Waals surface area contributed by atoms with Gasteiger partial charge in [0.2, 0.25) is 5.95 Å². The summed E-state index contributed by atoms with van der Waals surface area (Å²) >= 11 is 6.13. The number of hydrogen-bond donors (Lipinski definition) is 2. The molecule has 8 heteroatoms. The van der Waals surface area contributed by atoms with Gasteiger partial charge in [-0.25, -0.2) is 9.31 Å². The van der Waals surface area contributed by atoms with Crippen molar-refractivity contribution >= 4 is 29.2 Å². The third-order valence-corrected chi connectivity index (χ3v) is 3.48. The van der Waals surface area contributed by atoms with Gasteiger partial charge in [-0.2, -0.15) is 4.98 Å². The van der Waals surface area contributed by atoms with E-state index < -0.39 is 5.97 Å². The monoisotopic (exact) mass is 318 g/mol. The molecule has 2 heterocycles. The van der Waals surface area contributed by atoms with E-state index in [2.05, 4.69) is 10.1 Å². The summed E-state index contributed by atoms with van der Waals surface area (Å²) in [4.78, 5) is 15.3. The first-order valence-corrected chi connectivity index (χ1v) is 6.61. The second kappa shape index (κ2) is 5.19. The molecule has 0 fully saturated rings. The van der Waals surface area contributed by atoms with Gasteiger partial charge < -0.3 is 15.6 Å². The summed E-state index contributed by atoms with van der Waals surface area (Å²) in [5.41, 5.74) is 7.34. The van der Waals surface area contributed by atoms with E-state index in [1.807, 2.05) is 0 Å². The highest BCUT2D eigenvalue weighted by molar-refractivity contribution is 6.32. The van der Waals surface area contributed by atoms with Crippen molar-refractivity contribution in [3.8, 4) is 16.9 Å². The Balaban J connectivity index is 2.26. The molecule has 1 aromatic carbocycles. The molecule has 0 aliphatic heterocycles. The number of carboxylic acids is 1. The smallest absolute Gasteiger partial charge is 0.354 e. The number of anilines is 1. The van der Waals surface area contributed by atoms with Crippen molar-refractivity contribution in [2.75, 3.05) is 12.8 Å². The van der Waals surface area contributed by atoms with Crippen molar-refractivity contribution in [2.45, 2.75) is 0 Å². The fraction of sp³-hybridized carbons (Fsp3) is 0.0714. The maximum Gasteiger partial charge on any atom is 0.354 e. The van der Waals surface area contributed by atoms with Crippen LogP contribution < -0.4 is 10.5 Å². The molecule has 2 aromatic heterocycles. The summed E-state index contributed by atoms with van der Waals surface area (Å²) in [5, 5.41) is 13.6. The maximum atomic E-state index is 11.2. The molecule has 0 bridgehead atoms. The maximum absolute atomic E-state index is 11.2. The Hall–Kier alpha value is -2.80. The molecule has 0 aliphatic carbocycles. The van der Waals surface area contributed by atoms with Gasteiger partial charge in [-0.05, 0) is 29.8 Å². The van der Waals surface area contributed by atoms with Gasteiger partial charge in [0.25, 0.3) is 0 Å². The van der Waals surface area contributed by atoms with Crippen LogP contribution in [0.5, 0.6) is 5.75 Å². The van der Waals surface area contributed by atoms with E-state index in [0.717, 1.165) is 5.56 Å². The van der Waals surface area contributed by atoms with Crippen LogP contribution in [-0.2, 0) is 0 Å². The number of nitrogens with zero attached hydrogens (tertiary/aromatic N) is 3. The van der Waals surface area contributed by atoms with Gasteiger partial charge in [0, 0.05) is 5.56 Å². The van der Waals surface area contributed by atoms with Crippen molar-refractivity contribution in [2.24, 2.45) is 0 Å². The zero-order valence-corrected chi connectivity index (χ0v) is 12.2. The molecular weight excluding hydrogens is 308 g/mol. The highest BCUT2D eigenvalue weighted by atomic mass is 35.5. The molecule has 22 heavy (non-hydrogen) atoms. The summed E-state index contributed by atoms with van der Waals surface area (Å²) in [7, 11) is 1.53. The molecule has 0 radical (unpaired) electrons. The Morgan fingerprint density at radius 2 is 2.14 bits per heavy atom. The van der Waals surface area contributed by atoms with E-state index in [1.165, 1.54) is 17.7 Å². The lowest BCUT2D eigenvalue weighted by molar-refractivity contribution is 0.0687. The number of carbonyl (C=O) groups is 1. The number of fused-ring (bicyclic) bond motifs is 1. The van der Waals surface area contributed by atoms with Gasteiger partial charge in [-0.15, -0.1) is 5.10 Å². The Morgan fingerprint density at radius 3 is 2.77 bits per heavy atom. The Labute approximate surface area is 129 Å². The largest absolute Gasteiger partial charge is 0.495 e. The molecule has 0 aliphatic rings. The van der Waals surface area contributed by atoms with E-state index in [0.29, 0.717) is 22.0 Å². The Kier molecular flexibility index (Phi) is 3.34. The molecule has 0 saturated heterocycles. The molecule has 112 valence electrons.